The van der Waals surface area contributed by atoms with Crippen molar-refractivity contribution in [3.05, 3.63) is 58.6 Å². The maximum Gasteiger partial charge on any atom is 0.240 e. The van der Waals surface area contributed by atoms with E-state index in [4.69, 9.17) is 11.6 Å². The van der Waals surface area contributed by atoms with E-state index in [9.17, 15) is 13.2 Å². The highest BCUT2D eigenvalue weighted by molar-refractivity contribution is 7.89. The molecule has 0 aromatic heterocycles. The monoisotopic (exact) mass is 435 g/mol. The van der Waals surface area contributed by atoms with Crippen LogP contribution in [0.15, 0.2) is 47.4 Å². The maximum atomic E-state index is 12.5. The van der Waals surface area contributed by atoms with E-state index in [1.54, 1.807) is 24.0 Å². The van der Waals surface area contributed by atoms with Crippen molar-refractivity contribution >= 4 is 33.2 Å². The Morgan fingerprint density at radius 3 is 2.34 bits per heavy atom. The molecule has 1 heterocycles. The van der Waals surface area contributed by atoms with Gasteiger partial charge in [-0.1, -0.05) is 23.7 Å². The lowest BCUT2D eigenvalue weighted by Gasteiger charge is -2.36. The Bertz CT molecular complexity index is 969. The molecule has 29 heavy (non-hydrogen) atoms. The first-order valence-corrected chi connectivity index (χ1v) is 11.5. The van der Waals surface area contributed by atoms with Gasteiger partial charge in [0.25, 0.3) is 0 Å². The fourth-order valence-corrected chi connectivity index (χ4v) is 4.88. The van der Waals surface area contributed by atoms with Crippen LogP contribution in [-0.4, -0.2) is 51.9 Å². The minimum Gasteiger partial charge on any atom is -0.368 e. The lowest BCUT2D eigenvalue weighted by Crippen LogP contribution is -2.49. The van der Waals surface area contributed by atoms with E-state index in [1.807, 2.05) is 37.3 Å². The van der Waals surface area contributed by atoms with E-state index in [0.717, 1.165) is 24.3 Å². The number of nitrogens with zero attached hydrogens (tertiary/aromatic N) is 2. The van der Waals surface area contributed by atoms with E-state index in [-0.39, 0.29) is 23.8 Å². The van der Waals surface area contributed by atoms with Crippen LogP contribution < -0.4 is 9.62 Å². The molecule has 1 saturated heterocycles. The second kappa shape index (κ2) is 9.15. The van der Waals surface area contributed by atoms with Crippen molar-refractivity contribution in [3.63, 3.8) is 0 Å². The normalized spacial score (nSPS) is 14.9. The Kier molecular flexibility index (Phi) is 6.82. The lowest BCUT2D eigenvalue weighted by atomic mass is 10.2. The van der Waals surface area contributed by atoms with E-state index in [0.29, 0.717) is 23.7 Å². The minimum atomic E-state index is -3.63. The highest BCUT2D eigenvalue weighted by Crippen LogP contribution is 2.20. The summed E-state index contributed by atoms with van der Waals surface area (Å²) in [5.74, 6) is -0.0376. The number of benzene rings is 2. The Morgan fingerprint density at radius 2 is 1.69 bits per heavy atom. The number of anilines is 1. The third-order valence-corrected chi connectivity index (χ3v) is 6.94. The molecular weight excluding hydrogens is 410 g/mol. The van der Waals surface area contributed by atoms with Gasteiger partial charge in [-0.25, -0.2) is 13.1 Å². The van der Waals surface area contributed by atoms with Crippen LogP contribution in [0.1, 0.15) is 17.5 Å². The highest BCUT2D eigenvalue weighted by atomic mass is 35.5. The number of hydrogen-bond donors (Lipinski definition) is 1. The molecule has 6 nitrogen and oxygen atoms in total. The van der Waals surface area contributed by atoms with Gasteiger partial charge in [-0.15, -0.1) is 0 Å². The summed E-state index contributed by atoms with van der Waals surface area (Å²) >= 11 is 5.93. The topological polar surface area (TPSA) is 69.7 Å². The molecule has 0 atom stereocenters. The molecule has 2 aromatic carbocycles. The van der Waals surface area contributed by atoms with Gasteiger partial charge in [-0.05, 0) is 55.3 Å². The smallest absolute Gasteiger partial charge is 0.240 e. The summed E-state index contributed by atoms with van der Waals surface area (Å²) in [4.78, 5) is 16.8. The maximum absolute atomic E-state index is 12.5. The van der Waals surface area contributed by atoms with Gasteiger partial charge in [0.2, 0.25) is 15.9 Å². The average molecular weight is 436 g/mol. The molecule has 1 fully saturated rings. The number of hydrogen-bond acceptors (Lipinski definition) is 4. The van der Waals surface area contributed by atoms with Crippen molar-refractivity contribution in [2.45, 2.75) is 25.2 Å². The van der Waals surface area contributed by atoms with Crippen LogP contribution in [0.2, 0.25) is 5.02 Å². The third-order valence-electron chi connectivity index (χ3n) is 5.09. The van der Waals surface area contributed by atoms with Crippen molar-refractivity contribution in [1.82, 2.24) is 9.62 Å². The minimum absolute atomic E-state index is 0.0376. The van der Waals surface area contributed by atoms with Crippen LogP contribution >= 0.6 is 11.6 Å². The molecule has 0 radical (unpaired) electrons. The summed E-state index contributed by atoms with van der Waals surface area (Å²) in [6, 6.07) is 13.0. The number of carbonyl (C=O) groups excluding carboxylic acids is 1. The van der Waals surface area contributed by atoms with Gasteiger partial charge in [0, 0.05) is 49.9 Å². The zero-order valence-corrected chi connectivity index (χ0v) is 18.3. The Hall–Kier alpha value is -2.09. The van der Waals surface area contributed by atoms with Gasteiger partial charge in [0.15, 0.2) is 0 Å². The third kappa shape index (κ3) is 5.50. The molecule has 1 N–H and O–H groups in total. The number of carbonyl (C=O) groups is 1. The SMILES string of the molecule is Cc1ccc(C)c(S(=O)(=O)NCCC(=O)N2CCN(c3ccc(Cl)cc3)CC2)c1. The molecule has 0 unspecified atom stereocenters. The van der Waals surface area contributed by atoms with E-state index < -0.39 is 10.0 Å². The van der Waals surface area contributed by atoms with Crippen molar-refractivity contribution in [1.29, 1.82) is 0 Å². The first-order valence-electron chi connectivity index (χ1n) is 9.61. The summed E-state index contributed by atoms with van der Waals surface area (Å²) in [5, 5.41) is 0.700. The second-order valence-electron chi connectivity index (χ2n) is 7.26. The molecule has 1 aliphatic rings. The van der Waals surface area contributed by atoms with Crippen LogP contribution in [0.3, 0.4) is 0 Å². The number of piperazine rings is 1. The highest BCUT2D eigenvalue weighted by Gasteiger charge is 2.22. The van der Waals surface area contributed by atoms with Gasteiger partial charge in [0.1, 0.15) is 0 Å². The molecule has 0 spiro atoms. The van der Waals surface area contributed by atoms with Crippen LogP contribution in [0, 0.1) is 13.8 Å². The first-order chi connectivity index (χ1) is 13.8. The summed E-state index contributed by atoms with van der Waals surface area (Å²) in [5.41, 5.74) is 2.65. The fraction of sp³-hybridized carbons (Fsp3) is 0.381. The van der Waals surface area contributed by atoms with E-state index in [1.165, 1.54) is 0 Å². The lowest BCUT2D eigenvalue weighted by molar-refractivity contribution is -0.131. The number of aryl methyl sites for hydroxylation is 2. The molecule has 0 saturated carbocycles. The molecule has 156 valence electrons. The second-order valence-corrected chi connectivity index (χ2v) is 9.43. The average Bonchev–Trinajstić information content (AvgIpc) is 2.70. The van der Waals surface area contributed by atoms with Crippen molar-refractivity contribution in [2.75, 3.05) is 37.6 Å². The standard InChI is InChI=1S/C21H26ClN3O3S/c1-16-3-4-17(2)20(15-16)29(27,28)23-10-9-21(26)25-13-11-24(12-14-25)19-7-5-18(22)6-8-19/h3-8,15,23H,9-14H2,1-2H3. The fourth-order valence-electron chi connectivity index (χ4n) is 3.39. The van der Waals surface area contributed by atoms with Crippen LogP contribution in [-0.2, 0) is 14.8 Å². The number of nitrogens with one attached hydrogen (secondary N) is 1. The molecule has 8 heteroatoms. The molecule has 2 aromatic rings. The van der Waals surface area contributed by atoms with E-state index >= 15 is 0 Å². The zero-order valence-electron chi connectivity index (χ0n) is 16.7. The molecule has 0 bridgehead atoms. The van der Waals surface area contributed by atoms with E-state index in [2.05, 4.69) is 9.62 Å². The molecular formula is C21H26ClN3O3S. The Morgan fingerprint density at radius 1 is 1.03 bits per heavy atom. The van der Waals surface area contributed by atoms with Crippen molar-refractivity contribution < 1.29 is 13.2 Å². The largest absolute Gasteiger partial charge is 0.368 e. The molecule has 1 amide bonds. The van der Waals surface area contributed by atoms with Crippen molar-refractivity contribution in [3.8, 4) is 0 Å². The first kappa shape index (κ1) is 21.6. The quantitative estimate of drug-likeness (QED) is 0.757. The summed E-state index contributed by atoms with van der Waals surface area (Å²) in [6.45, 7) is 6.41. The van der Waals surface area contributed by atoms with Gasteiger partial charge in [-0.3, -0.25) is 4.79 Å². The van der Waals surface area contributed by atoms with Gasteiger partial charge in [-0.2, -0.15) is 0 Å². The zero-order chi connectivity index (χ0) is 21.0. The van der Waals surface area contributed by atoms with Crippen LogP contribution in [0.25, 0.3) is 0 Å². The van der Waals surface area contributed by atoms with Gasteiger partial charge >= 0.3 is 0 Å². The number of amides is 1. The molecule has 0 aliphatic carbocycles. The number of halogens is 1. The van der Waals surface area contributed by atoms with Crippen LogP contribution in [0.4, 0.5) is 5.69 Å². The predicted octanol–water partition coefficient (Wildman–Crippen LogP) is 2.97. The van der Waals surface area contributed by atoms with Gasteiger partial charge in [0.05, 0.1) is 4.90 Å². The molecule has 1 aliphatic heterocycles. The van der Waals surface area contributed by atoms with Crippen LogP contribution in [0.5, 0.6) is 0 Å². The Balaban J connectivity index is 1.49. The van der Waals surface area contributed by atoms with Gasteiger partial charge < -0.3 is 9.80 Å². The Labute approximate surface area is 177 Å². The summed E-state index contributed by atoms with van der Waals surface area (Å²) < 4.78 is 27.6. The predicted molar refractivity (Wildman–Crippen MR) is 116 cm³/mol. The molecule has 3 rings (SSSR count). The number of rotatable bonds is 6. The number of sulfonamides is 1. The summed E-state index contributed by atoms with van der Waals surface area (Å²) in [6.07, 6.45) is 0.144. The van der Waals surface area contributed by atoms with Crippen molar-refractivity contribution in [2.24, 2.45) is 0 Å². The summed E-state index contributed by atoms with van der Waals surface area (Å²) in [7, 11) is -3.63.